The second kappa shape index (κ2) is 6.55. The summed E-state index contributed by atoms with van der Waals surface area (Å²) in [5.74, 6) is 0. The van der Waals surface area contributed by atoms with E-state index in [1.54, 1.807) is 12.1 Å². The van der Waals surface area contributed by atoms with Crippen LogP contribution < -0.4 is 11.1 Å². The maximum Gasteiger partial charge on any atom is 0.0992 e. The van der Waals surface area contributed by atoms with Crippen molar-refractivity contribution >= 4 is 23.1 Å². The molecular formula is C14H21N3S. The van der Waals surface area contributed by atoms with Gasteiger partial charge in [-0.25, -0.2) is 0 Å². The van der Waals surface area contributed by atoms with Crippen LogP contribution in [0.15, 0.2) is 18.2 Å². The van der Waals surface area contributed by atoms with Gasteiger partial charge < -0.3 is 11.1 Å². The van der Waals surface area contributed by atoms with Gasteiger partial charge in [-0.1, -0.05) is 13.8 Å². The fourth-order valence-electron chi connectivity index (χ4n) is 1.91. The van der Waals surface area contributed by atoms with Crippen LogP contribution in [-0.4, -0.2) is 17.5 Å². The number of nitrogens with one attached hydrogen (secondary N) is 1. The number of nitrogens with zero attached hydrogens (tertiary/aromatic N) is 1. The van der Waals surface area contributed by atoms with Crippen LogP contribution in [0.1, 0.15) is 32.3 Å². The van der Waals surface area contributed by atoms with Crippen LogP contribution in [0.2, 0.25) is 0 Å². The lowest BCUT2D eigenvalue weighted by molar-refractivity contribution is 0.575. The molecule has 3 N–H and O–H groups in total. The summed E-state index contributed by atoms with van der Waals surface area (Å²) in [6.07, 6.45) is 4.39. The zero-order valence-electron chi connectivity index (χ0n) is 11.3. The van der Waals surface area contributed by atoms with Crippen molar-refractivity contribution in [1.29, 1.82) is 5.26 Å². The Kier molecular flexibility index (Phi) is 5.36. The second-order valence-corrected chi connectivity index (χ2v) is 5.64. The molecule has 0 radical (unpaired) electrons. The normalized spacial score (nSPS) is 11.0. The molecule has 0 aromatic heterocycles. The van der Waals surface area contributed by atoms with Gasteiger partial charge in [-0.15, -0.1) is 0 Å². The molecule has 0 heterocycles. The molecule has 0 aliphatic carbocycles. The van der Waals surface area contributed by atoms with E-state index in [2.05, 4.69) is 31.5 Å². The Morgan fingerprint density at radius 3 is 2.50 bits per heavy atom. The van der Waals surface area contributed by atoms with Gasteiger partial charge in [0.25, 0.3) is 0 Å². The third-order valence-electron chi connectivity index (χ3n) is 3.50. The largest absolute Gasteiger partial charge is 0.397 e. The van der Waals surface area contributed by atoms with E-state index >= 15 is 0 Å². The number of hydrogen-bond donors (Lipinski definition) is 2. The Morgan fingerprint density at radius 1 is 1.39 bits per heavy atom. The van der Waals surface area contributed by atoms with Crippen molar-refractivity contribution in [1.82, 2.24) is 0 Å². The van der Waals surface area contributed by atoms with E-state index in [1.807, 2.05) is 17.8 Å². The minimum atomic E-state index is 0.250. The summed E-state index contributed by atoms with van der Waals surface area (Å²) >= 11 is 1.89. The highest BCUT2D eigenvalue weighted by atomic mass is 32.2. The van der Waals surface area contributed by atoms with E-state index in [9.17, 15) is 0 Å². The highest BCUT2D eigenvalue weighted by Gasteiger charge is 2.24. The number of nitrogen functional groups attached to an aromatic ring is 1. The first-order chi connectivity index (χ1) is 8.60. The predicted molar refractivity (Wildman–Crippen MR) is 80.9 cm³/mol. The summed E-state index contributed by atoms with van der Waals surface area (Å²) in [5, 5.41) is 12.2. The number of hydrogen-bond acceptors (Lipinski definition) is 4. The third-order valence-corrected chi connectivity index (χ3v) is 5.09. The lowest BCUT2D eigenvalue weighted by Crippen LogP contribution is -2.32. The van der Waals surface area contributed by atoms with Gasteiger partial charge in [0.2, 0.25) is 0 Å². The average molecular weight is 263 g/mol. The molecule has 98 valence electrons. The van der Waals surface area contributed by atoms with Gasteiger partial charge in [-0.05, 0) is 37.3 Å². The van der Waals surface area contributed by atoms with Gasteiger partial charge in [0, 0.05) is 11.3 Å². The van der Waals surface area contributed by atoms with Crippen LogP contribution >= 0.6 is 11.8 Å². The smallest absolute Gasteiger partial charge is 0.0992 e. The second-order valence-electron chi connectivity index (χ2n) is 4.36. The Bertz CT molecular complexity index is 425. The van der Waals surface area contributed by atoms with Crippen LogP contribution in [0.25, 0.3) is 0 Å². The molecule has 0 fully saturated rings. The van der Waals surface area contributed by atoms with Crippen molar-refractivity contribution in [3.8, 4) is 6.07 Å². The molecule has 0 amide bonds. The topological polar surface area (TPSA) is 61.8 Å². The minimum Gasteiger partial charge on any atom is -0.397 e. The summed E-state index contributed by atoms with van der Waals surface area (Å²) in [5.41, 5.74) is 8.07. The van der Waals surface area contributed by atoms with Crippen molar-refractivity contribution in [2.45, 2.75) is 31.4 Å². The maximum absolute atomic E-state index is 8.80. The molecule has 18 heavy (non-hydrogen) atoms. The first-order valence-corrected chi connectivity index (χ1v) is 7.42. The van der Waals surface area contributed by atoms with Crippen LogP contribution in [0, 0.1) is 11.3 Å². The fourth-order valence-corrected chi connectivity index (χ4v) is 2.70. The summed E-state index contributed by atoms with van der Waals surface area (Å²) < 4.78 is 0.250. The molecule has 0 saturated heterocycles. The molecule has 1 rings (SSSR count). The molecule has 0 aliphatic heterocycles. The monoisotopic (exact) mass is 263 g/mol. The highest BCUT2D eigenvalue weighted by molar-refractivity contribution is 8.00. The van der Waals surface area contributed by atoms with Crippen molar-refractivity contribution in [3.05, 3.63) is 23.8 Å². The number of anilines is 2. The van der Waals surface area contributed by atoms with Gasteiger partial charge >= 0.3 is 0 Å². The molecule has 0 unspecified atom stereocenters. The van der Waals surface area contributed by atoms with E-state index in [-0.39, 0.29) is 4.75 Å². The Balaban J connectivity index is 2.77. The first kappa shape index (κ1) is 14.7. The van der Waals surface area contributed by atoms with Crippen molar-refractivity contribution < 1.29 is 0 Å². The number of rotatable bonds is 6. The highest BCUT2D eigenvalue weighted by Crippen LogP contribution is 2.31. The molecule has 0 aliphatic rings. The zero-order valence-corrected chi connectivity index (χ0v) is 12.1. The van der Waals surface area contributed by atoms with E-state index in [0.717, 1.165) is 25.1 Å². The Labute approximate surface area is 114 Å². The number of benzene rings is 1. The van der Waals surface area contributed by atoms with E-state index in [4.69, 9.17) is 11.0 Å². The van der Waals surface area contributed by atoms with Gasteiger partial charge in [-0.2, -0.15) is 17.0 Å². The summed E-state index contributed by atoms with van der Waals surface area (Å²) in [7, 11) is 0. The van der Waals surface area contributed by atoms with Crippen LogP contribution in [0.4, 0.5) is 11.4 Å². The van der Waals surface area contributed by atoms with Crippen molar-refractivity contribution in [3.63, 3.8) is 0 Å². The van der Waals surface area contributed by atoms with Gasteiger partial charge in [-0.3, -0.25) is 0 Å². The molecule has 1 aromatic rings. The SMILES string of the molecule is CCC(CC)(CNc1ccc(C#N)cc1N)SC. The summed E-state index contributed by atoms with van der Waals surface area (Å²) in [4.78, 5) is 0. The third kappa shape index (κ3) is 3.33. The molecule has 0 saturated carbocycles. The Hall–Kier alpha value is -1.34. The lowest BCUT2D eigenvalue weighted by atomic mass is 10.0. The fraction of sp³-hybridized carbons (Fsp3) is 0.500. The van der Waals surface area contributed by atoms with Crippen molar-refractivity contribution in [2.75, 3.05) is 23.9 Å². The van der Waals surface area contributed by atoms with Crippen LogP contribution in [-0.2, 0) is 0 Å². The quantitative estimate of drug-likeness (QED) is 0.771. The summed E-state index contributed by atoms with van der Waals surface area (Å²) in [6, 6.07) is 7.47. The average Bonchev–Trinajstić information content (AvgIpc) is 2.42. The van der Waals surface area contributed by atoms with E-state index < -0.39 is 0 Å². The van der Waals surface area contributed by atoms with Crippen LogP contribution in [0.5, 0.6) is 0 Å². The van der Waals surface area contributed by atoms with Crippen LogP contribution in [0.3, 0.4) is 0 Å². The van der Waals surface area contributed by atoms with Gasteiger partial charge in [0.1, 0.15) is 0 Å². The van der Waals surface area contributed by atoms with Gasteiger partial charge in [0.15, 0.2) is 0 Å². The van der Waals surface area contributed by atoms with E-state index in [1.165, 1.54) is 0 Å². The molecule has 0 atom stereocenters. The zero-order chi connectivity index (χ0) is 13.6. The molecule has 0 bridgehead atoms. The van der Waals surface area contributed by atoms with Gasteiger partial charge in [0.05, 0.1) is 23.0 Å². The first-order valence-electron chi connectivity index (χ1n) is 6.19. The molecule has 3 nitrogen and oxygen atoms in total. The lowest BCUT2D eigenvalue weighted by Gasteiger charge is -2.30. The number of nitriles is 1. The predicted octanol–water partition coefficient (Wildman–Crippen LogP) is 3.47. The molecule has 1 aromatic carbocycles. The molecule has 0 spiro atoms. The number of thioether (sulfide) groups is 1. The molecular weight excluding hydrogens is 242 g/mol. The number of nitrogens with two attached hydrogens (primary N) is 1. The summed E-state index contributed by atoms with van der Waals surface area (Å²) in [6.45, 7) is 5.31. The van der Waals surface area contributed by atoms with Crippen molar-refractivity contribution in [2.24, 2.45) is 0 Å². The maximum atomic E-state index is 8.80. The standard InChI is InChI=1S/C14H21N3S/c1-4-14(5-2,18-3)10-17-13-7-6-11(9-15)8-12(13)16/h6-8,17H,4-5,10,16H2,1-3H3. The minimum absolute atomic E-state index is 0.250. The Morgan fingerprint density at radius 2 is 2.06 bits per heavy atom. The molecule has 4 heteroatoms. The van der Waals surface area contributed by atoms with E-state index in [0.29, 0.717) is 11.3 Å².